The fourth-order valence-corrected chi connectivity index (χ4v) is 1.76. The summed E-state index contributed by atoms with van der Waals surface area (Å²) < 4.78 is 0. The molecule has 0 bridgehead atoms. The predicted molar refractivity (Wildman–Crippen MR) is 46.5 cm³/mol. The Morgan fingerprint density at radius 2 is 2.55 bits per heavy atom. The van der Waals surface area contributed by atoms with Crippen LogP contribution in [0, 0.1) is 0 Å². The molecule has 0 aliphatic heterocycles. The van der Waals surface area contributed by atoms with Gasteiger partial charge < -0.3 is 5.73 Å². The number of hydrogen-bond acceptors (Lipinski definition) is 2. The summed E-state index contributed by atoms with van der Waals surface area (Å²) in [6, 6.07) is 4.01. The first-order valence-corrected chi connectivity index (χ1v) is 4.40. The monoisotopic (exact) mass is 169 g/mol. The van der Waals surface area contributed by atoms with Gasteiger partial charge in [-0.3, -0.25) is 4.79 Å². The molecule has 0 saturated heterocycles. The van der Waals surface area contributed by atoms with Crippen LogP contribution in [0.2, 0.25) is 0 Å². The highest BCUT2D eigenvalue weighted by Crippen LogP contribution is 2.22. The quantitative estimate of drug-likeness (QED) is 0.735. The first kappa shape index (κ1) is 8.27. The normalized spacial score (nSPS) is 12.8. The van der Waals surface area contributed by atoms with Gasteiger partial charge in [0.1, 0.15) is 0 Å². The minimum absolute atomic E-state index is 0.231. The molecular weight excluding hydrogens is 158 g/mol. The molecule has 0 aliphatic carbocycles. The number of carbonyl (C=O) groups is 1. The van der Waals surface area contributed by atoms with E-state index in [1.165, 1.54) is 4.88 Å². The fraction of sp³-hybridized carbons (Fsp3) is 0.375. The van der Waals surface area contributed by atoms with Crippen LogP contribution in [0.15, 0.2) is 17.5 Å². The van der Waals surface area contributed by atoms with Gasteiger partial charge in [0.25, 0.3) is 0 Å². The standard InChI is InChI=1S/C8H11NOS/c1-6(5-8(9)10)7-3-2-4-11-7/h2-4,6H,5H2,1H3,(H2,9,10). The van der Waals surface area contributed by atoms with Crippen LogP contribution in [-0.2, 0) is 4.79 Å². The number of primary amides is 1. The van der Waals surface area contributed by atoms with E-state index in [0.717, 1.165) is 0 Å². The smallest absolute Gasteiger partial charge is 0.218 e. The van der Waals surface area contributed by atoms with E-state index in [4.69, 9.17) is 5.73 Å². The summed E-state index contributed by atoms with van der Waals surface area (Å²) in [6.07, 6.45) is 0.445. The van der Waals surface area contributed by atoms with Crippen molar-refractivity contribution in [2.45, 2.75) is 19.3 Å². The van der Waals surface area contributed by atoms with E-state index in [9.17, 15) is 4.79 Å². The lowest BCUT2D eigenvalue weighted by Crippen LogP contribution is -2.13. The number of amides is 1. The second-order valence-corrected chi connectivity index (χ2v) is 3.57. The Bertz CT molecular complexity index is 230. The van der Waals surface area contributed by atoms with Gasteiger partial charge in [0.2, 0.25) is 5.91 Å². The molecular formula is C8H11NOS. The second kappa shape index (κ2) is 3.53. The summed E-state index contributed by atoms with van der Waals surface area (Å²) in [4.78, 5) is 11.8. The topological polar surface area (TPSA) is 43.1 Å². The molecule has 60 valence electrons. The molecule has 2 nitrogen and oxygen atoms in total. The van der Waals surface area contributed by atoms with Crippen molar-refractivity contribution < 1.29 is 4.79 Å². The molecule has 2 N–H and O–H groups in total. The maximum Gasteiger partial charge on any atom is 0.218 e. The molecule has 0 spiro atoms. The summed E-state index contributed by atoms with van der Waals surface area (Å²) >= 11 is 1.67. The van der Waals surface area contributed by atoms with E-state index in [1.807, 2.05) is 24.4 Å². The van der Waals surface area contributed by atoms with Gasteiger partial charge in [-0.05, 0) is 17.4 Å². The van der Waals surface area contributed by atoms with Crippen molar-refractivity contribution in [3.8, 4) is 0 Å². The van der Waals surface area contributed by atoms with E-state index in [2.05, 4.69) is 0 Å². The Balaban J connectivity index is 2.56. The van der Waals surface area contributed by atoms with E-state index in [-0.39, 0.29) is 11.8 Å². The number of nitrogens with two attached hydrogens (primary N) is 1. The van der Waals surface area contributed by atoms with Crippen LogP contribution in [0.3, 0.4) is 0 Å². The number of rotatable bonds is 3. The minimum atomic E-state index is -0.231. The van der Waals surface area contributed by atoms with Crippen LogP contribution >= 0.6 is 11.3 Å². The third-order valence-corrected chi connectivity index (χ3v) is 2.64. The Labute approximate surface area is 70.0 Å². The summed E-state index contributed by atoms with van der Waals surface area (Å²) in [5.41, 5.74) is 5.07. The highest BCUT2D eigenvalue weighted by molar-refractivity contribution is 7.10. The Kier molecular flexibility index (Phi) is 2.65. The van der Waals surface area contributed by atoms with Gasteiger partial charge in [0.05, 0.1) is 0 Å². The third kappa shape index (κ3) is 2.35. The second-order valence-electron chi connectivity index (χ2n) is 2.59. The van der Waals surface area contributed by atoms with Crippen molar-refractivity contribution in [1.29, 1.82) is 0 Å². The highest BCUT2D eigenvalue weighted by Gasteiger charge is 2.08. The molecule has 1 aromatic rings. The highest BCUT2D eigenvalue weighted by atomic mass is 32.1. The van der Waals surface area contributed by atoms with Crippen molar-refractivity contribution in [1.82, 2.24) is 0 Å². The van der Waals surface area contributed by atoms with Gasteiger partial charge in [-0.2, -0.15) is 0 Å². The minimum Gasteiger partial charge on any atom is -0.370 e. The van der Waals surface area contributed by atoms with Crippen molar-refractivity contribution >= 4 is 17.2 Å². The zero-order chi connectivity index (χ0) is 8.27. The molecule has 11 heavy (non-hydrogen) atoms. The van der Waals surface area contributed by atoms with Gasteiger partial charge in [0.15, 0.2) is 0 Å². The summed E-state index contributed by atoms with van der Waals surface area (Å²) in [5, 5.41) is 2.01. The van der Waals surface area contributed by atoms with Gasteiger partial charge in [0, 0.05) is 11.3 Å². The lowest BCUT2D eigenvalue weighted by Gasteiger charge is -2.04. The van der Waals surface area contributed by atoms with E-state index >= 15 is 0 Å². The number of hydrogen-bond donors (Lipinski definition) is 1. The summed E-state index contributed by atoms with van der Waals surface area (Å²) in [5.74, 6) is 0.0402. The molecule has 0 saturated carbocycles. The Hall–Kier alpha value is -0.830. The Morgan fingerprint density at radius 1 is 1.82 bits per heavy atom. The first-order valence-electron chi connectivity index (χ1n) is 3.52. The van der Waals surface area contributed by atoms with Gasteiger partial charge in [-0.1, -0.05) is 13.0 Å². The third-order valence-electron chi connectivity index (χ3n) is 1.54. The average Bonchev–Trinajstić information content (AvgIpc) is 2.35. The summed E-state index contributed by atoms with van der Waals surface area (Å²) in [6.45, 7) is 2.01. The molecule has 1 aromatic heterocycles. The predicted octanol–water partition coefficient (Wildman–Crippen LogP) is 1.73. The zero-order valence-corrected chi connectivity index (χ0v) is 7.23. The van der Waals surface area contributed by atoms with E-state index in [1.54, 1.807) is 11.3 Å². The first-order chi connectivity index (χ1) is 5.20. The van der Waals surface area contributed by atoms with Crippen LogP contribution in [0.5, 0.6) is 0 Å². The van der Waals surface area contributed by atoms with Crippen molar-refractivity contribution in [3.05, 3.63) is 22.4 Å². The molecule has 1 rings (SSSR count). The number of carbonyl (C=O) groups excluding carboxylic acids is 1. The van der Waals surface area contributed by atoms with Gasteiger partial charge >= 0.3 is 0 Å². The van der Waals surface area contributed by atoms with E-state index in [0.29, 0.717) is 6.42 Å². The van der Waals surface area contributed by atoms with Crippen LogP contribution in [-0.4, -0.2) is 5.91 Å². The molecule has 0 aromatic carbocycles. The fourth-order valence-electron chi connectivity index (χ4n) is 0.974. The largest absolute Gasteiger partial charge is 0.370 e. The van der Waals surface area contributed by atoms with Gasteiger partial charge in [-0.15, -0.1) is 11.3 Å². The molecule has 1 heterocycles. The molecule has 1 amide bonds. The van der Waals surface area contributed by atoms with Crippen molar-refractivity contribution in [3.63, 3.8) is 0 Å². The van der Waals surface area contributed by atoms with E-state index < -0.39 is 0 Å². The Morgan fingerprint density at radius 3 is 3.00 bits per heavy atom. The van der Waals surface area contributed by atoms with Crippen LogP contribution in [0.1, 0.15) is 24.1 Å². The van der Waals surface area contributed by atoms with Crippen LogP contribution < -0.4 is 5.73 Å². The molecule has 1 unspecified atom stereocenters. The zero-order valence-electron chi connectivity index (χ0n) is 6.41. The number of thiophene rings is 1. The lowest BCUT2D eigenvalue weighted by molar-refractivity contribution is -0.118. The van der Waals surface area contributed by atoms with Crippen molar-refractivity contribution in [2.24, 2.45) is 5.73 Å². The maximum atomic E-state index is 10.5. The van der Waals surface area contributed by atoms with Crippen molar-refractivity contribution in [2.75, 3.05) is 0 Å². The molecule has 3 heteroatoms. The molecule has 0 fully saturated rings. The molecule has 0 radical (unpaired) electrons. The lowest BCUT2D eigenvalue weighted by atomic mass is 10.1. The summed E-state index contributed by atoms with van der Waals surface area (Å²) in [7, 11) is 0. The molecule has 1 atom stereocenters. The van der Waals surface area contributed by atoms with Crippen LogP contribution in [0.4, 0.5) is 0 Å². The maximum absolute atomic E-state index is 10.5. The molecule has 0 aliphatic rings. The average molecular weight is 169 g/mol. The van der Waals surface area contributed by atoms with Crippen LogP contribution in [0.25, 0.3) is 0 Å². The van der Waals surface area contributed by atoms with Gasteiger partial charge in [-0.25, -0.2) is 0 Å². The SMILES string of the molecule is CC(CC(N)=O)c1cccs1.